The van der Waals surface area contributed by atoms with Crippen LogP contribution in [-0.4, -0.2) is 33.2 Å². The summed E-state index contributed by atoms with van der Waals surface area (Å²) in [7, 11) is 0. The molecule has 0 aliphatic heterocycles. The summed E-state index contributed by atoms with van der Waals surface area (Å²) < 4.78 is 6.57. The fourth-order valence-corrected chi connectivity index (χ4v) is 2.84. The maximum Gasteiger partial charge on any atom is 0.350 e. The first kappa shape index (κ1) is 16.2. The molecule has 0 aliphatic rings. The second kappa shape index (κ2) is 6.69. The topological polar surface area (TPSA) is 86.1 Å². The van der Waals surface area contributed by atoms with Gasteiger partial charge in [0.05, 0.1) is 18.0 Å². The van der Waals surface area contributed by atoms with Crippen molar-refractivity contribution in [1.29, 1.82) is 0 Å². The van der Waals surface area contributed by atoms with Crippen molar-refractivity contribution in [3.05, 3.63) is 28.0 Å². The molecule has 2 aromatic heterocycles. The molecule has 0 unspecified atom stereocenters. The Hall–Kier alpha value is -2.22. The minimum Gasteiger partial charge on any atom is -0.462 e. The molecule has 0 aliphatic carbocycles. The van der Waals surface area contributed by atoms with Crippen LogP contribution in [0, 0.1) is 20.8 Å². The van der Waals surface area contributed by atoms with Gasteiger partial charge in [-0.25, -0.2) is 9.78 Å². The Labute approximate surface area is 132 Å². The lowest BCUT2D eigenvalue weighted by atomic mass is 10.4. The smallest absolute Gasteiger partial charge is 0.350 e. The number of hydrogen-bond acceptors (Lipinski definition) is 6. The zero-order valence-electron chi connectivity index (χ0n) is 13.0. The van der Waals surface area contributed by atoms with Gasteiger partial charge in [0.25, 0.3) is 0 Å². The van der Waals surface area contributed by atoms with Crippen LogP contribution in [0.3, 0.4) is 0 Å². The van der Waals surface area contributed by atoms with Crippen LogP contribution in [0.1, 0.15) is 33.7 Å². The van der Waals surface area contributed by atoms with E-state index >= 15 is 0 Å². The summed E-state index contributed by atoms with van der Waals surface area (Å²) >= 11 is 1.11. The quantitative estimate of drug-likeness (QED) is 0.852. The predicted molar refractivity (Wildman–Crippen MR) is 83.1 cm³/mol. The number of amides is 1. The van der Waals surface area contributed by atoms with E-state index in [1.54, 1.807) is 18.5 Å². The number of aromatic nitrogens is 3. The number of carbonyl (C=O) groups is 2. The highest BCUT2D eigenvalue weighted by atomic mass is 32.1. The lowest BCUT2D eigenvalue weighted by molar-refractivity contribution is -0.116. The lowest BCUT2D eigenvalue weighted by Crippen LogP contribution is -2.20. The van der Waals surface area contributed by atoms with Crippen molar-refractivity contribution in [2.24, 2.45) is 0 Å². The molecule has 8 heteroatoms. The zero-order chi connectivity index (χ0) is 16.3. The first-order valence-corrected chi connectivity index (χ1v) is 7.67. The van der Waals surface area contributed by atoms with Crippen molar-refractivity contribution in [3.63, 3.8) is 0 Å². The number of carbonyl (C=O) groups excluding carboxylic acids is 2. The van der Waals surface area contributed by atoms with Crippen LogP contribution in [-0.2, 0) is 16.1 Å². The van der Waals surface area contributed by atoms with Crippen LogP contribution in [0.4, 0.5) is 5.13 Å². The van der Waals surface area contributed by atoms with Gasteiger partial charge < -0.3 is 10.1 Å². The van der Waals surface area contributed by atoms with E-state index in [0.29, 0.717) is 22.3 Å². The molecule has 2 aromatic rings. The van der Waals surface area contributed by atoms with Crippen LogP contribution >= 0.6 is 11.3 Å². The molecule has 118 valence electrons. The molecule has 0 atom stereocenters. The second-order valence-corrected chi connectivity index (χ2v) is 5.79. The maximum absolute atomic E-state index is 12.0. The molecule has 2 rings (SSSR count). The number of nitrogens with zero attached hydrogens (tertiary/aromatic N) is 3. The van der Waals surface area contributed by atoms with Crippen LogP contribution in [0.5, 0.6) is 0 Å². The number of esters is 1. The molecule has 22 heavy (non-hydrogen) atoms. The van der Waals surface area contributed by atoms with E-state index < -0.39 is 5.97 Å². The van der Waals surface area contributed by atoms with Gasteiger partial charge in [-0.15, -0.1) is 0 Å². The van der Waals surface area contributed by atoms with Crippen molar-refractivity contribution < 1.29 is 14.3 Å². The van der Waals surface area contributed by atoms with Crippen LogP contribution in [0.2, 0.25) is 0 Å². The van der Waals surface area contributed by atoms with E-state index in [4.69, 9.17) is 4.74 Å². The Balaban J connectivity index is 2.04. The SMILES string of the molecule is CCOC(=O)c1sc(NC(=O)Cn2nc(C)cc2C)nc1C. The van der Waals surface area contributed by atoms with Crippen molar-refractivity contribution >= 4 is 28.3 Å². The average Bonchev–Trinajstić information content (AvgIpc) is 2.92. The standard InChI is InChI=1S/C14H18N4O3S/c1-5-21-13(20)12-10(4)15-14(22-12)16-11(19)7-18-9(3)6-8(2)17-18/h6H,5,7H2,1-4H3,(H,15,16,19). The molecular weight excluding hydrogens is 304 g/mol. The summed E-state index contributed by atoms with van der Waals surface area (Å²) in [5, 5.41) is 7.30. The number of rotatable bonds is 5. The Morgan fingerprint density at radius 2 is 2.09 bits per heavy atom. The van der Waals surface area contributed by atoms with Gasteiger partial charge in [0.1, 0.15) is 11.4 Å². The highest BCUT2D eigenvalue weighted by Gasteiger charge is 2.17. The Morgan fingerprint density at radius 3 is 2.68 bits per heavy atom. The van der Waals surface area contributed by atoms with Gasteiger partial charge in [0, 0.05) is 5.69 Å². The average molecular weight is 322 g/mol. The van der Waals surface area contributed by atoms with E-state index in [1.807, 2.05) is 19.9 Å². The molecular formula is C14H18N4O3S. The van der Waals surface area contributed by atoms with E-state index in [-0.39, 0.29) is 12.5 Å². The molecule has 7 nitrogen and oxygen atoms in total. The number of thiazole rings is 1. The van der Waals surface area contributed by atoms with Crippen molar-refractivity contribution in [2.45, 2.75) is 34.2 Å². The third-order valence-corrected chi connectivity index (χ3v) is 3.95. The summed E-state index contributed by atoms with van der Waals surface area (Å²) in [6, 6.07) is 1.90. The van der Waals surface area contributed by atoms with Crippen LogP contribution < -0.4 is 5.32 Å². The van der Waals surface area contributed by atoms with Gasteiger partial charge in [0.15, 0.2) is 5.13 Å². The fraction of sp³-hybridized carbons (Fsp3) is 0.429. The van der Waals surface area contributed by atoms with Gasteiger partial charge in [-0.3, -0.25) is 9.48 Å². The maximum atomic E-state index is 12.0. The van der Waals surface area contributed by atoms with Crippen LogP contribution in [0.15, 0.2) is 6.07 Å². The first-order chi connectivity index (χ1) is 10.4. The Kier molecular flexibility index (Phi) is 4.92. The molecule has 0 radical (unpaired) electrons. The van der Waals surface area contributed by atoms with E-state index in [2.05, 4.69) is 15.4 Å². The van der Waals surface area contributed by atoms with E-state index in [0.717, 1.165) is 22.7 Å². The third-order valence-electron chi connectivity index (χ3n) is 2.90. The van der Waals surface area contributed by atoms with Gasteiger partial charge in [-0.1, -0.05) is 11.3 Å². The summed E-state index contributed by atoms with van der Waals surface area (Å²) in [4.78, 5) is 28.3. The summed E-state index contributed by atoms with van der Waals surface area (Å²) in [6.07, 6.45) is 0. The van der Waals surface area contributed by atoms with E-state index in [1.165, 1.54) is 0 Å². The number of nitrogens with one attached hydrogen (secondary N) is 1. The summed E-state index contributed by atoms with van der Waals surface area (Å²) in [5.41, 5.74) is 2.32. The zero-order valence-corrected chi connectivity index (χ0v) is 13.8. The molecule has 1 N–H and O–H groups in total. The van der Waals surface area contributed by atoms with Crippen molar-refractivity contribution in [1.82, 2.24) is 14.8 Å². The highest BCUT2D eigenvalue weighted by molar-refractivity contribution is 7.17. The molecule has 0 saturated carbocycles. The Bertz CT molecular complexity index is 705. The molecule has 0 aromatic carbocycles. The number of ether oxygens (including phenoxy) is 1. The highest BCUT2D eigenvalue weighted by Crippen LogP contribution is 2.23. The predicted octanol–water partition coefficient (Wildman–Crippen LogP) is 2.08. The molecule has 0 fully saturated rings. The number of aryl methyl sites for hydroxylation is 3. The molecule has 2 heterocycles. The van der Waals surface area contributed by atoms with Crippen molar-refractivity contribution in [2.75, 3.05) is 11.9 Å². The number of anilines is 1. The van der Waals surface area contributed by atoms with Gasteiger partial charge in [0.2, 0.25) is 5.91 Å². The van der Waals surface area contributed by atoms with Gasteiger partial charge in [-0.2, -0.15) is 5.10 Å². The third kappa shape index (κ3) is 3.70. The molecule has 0 spiro atoms. The minimum atomic E-state index is -0.420. The number of hydrogen-bond donors (Lipinski definition) is 1. The van der Waals surface area contributed by atoms with Crippen LogP contribution in [0.25, 0.3) is 0 Å². The summed E-state index contributed by atoms with van der Waals surface area (Å²) in [5.74, 6) is -0.660. The van der Waals surface area contributed by atoms with E-state index in [9.17, 15) is 9.59 Å². The van der Waals surface area contributed by atoms with Gasteiger partial charge >= 0.3 is 5.97 Å². The monoisotopic (exact) mass is 322 g/mol. The first-order valence-electron chi connectivity index (χ1n) is 6.86. The Morgan fingerprint density at radius 1 is 1.36 bits per heavy atom. The normalized spacial score (nSPS) is 10.5. The second-order valence-electron chi connectivity index (χ2n) is 4.79. The fourth-order valence-electron chi connectivity index (χ4n) is 1.97. The largest absolute Gasteiger partial charge is 0.462 e. The lowest BCUT2D eigenvalue weighted by Gasteiger charge is -2.03. The van der Waals surface area contributed by atoms with Crippen molar-refractivity contribution in [3.8, 4) is 0 Å². The summed E-state index contributed by atoms with van der Waals surface area (Å²) in [6.45, 7) is 7.62. The van der Waals surface area contributed by atoms with Gasteiger partial charge in [-0.05, 0) is 33.8 Å². The molecule has 1 amide bonds. The minimum absolute atomic E-state index is 0.104. The molecule has 0 bridgehead atoms. The molecule has 0 saturated heterocycles.